The van der Waals surface area contributed by atoms with Crippen LogP contribution in [-0.4, -0.2) is 36.7 Å². The number of thiazole rings is 1. The second-order valence-electron chi connectivity index (χ2n) is 7.39. The SMILES string of the molecule is O=[N+]([O-])c1cc(S(=O)(=O)C2CCN(c3nc(Cc4ccccc4)cs3)CC2)ccc1Cl. The lowest BCUT2D eigenvalue weighted by Gasteiger charge is -2.31. The van der Waals surface area contributed by atoms with E-state index in [4.69, 9.17) is 16.6 Å². The maximum Gasteiger partial charge on any atom is 0.289 e. The van der Waals surface area contributed by atoms with Crippen molar-refractivity contribution >= 4 is 43.6 Å². The molecule has 1 aliphatic heterocycles. The number of aromatic nitrogens is 1. The third-order valence-corrected chi connectivity index (χ3v) is 8.89. The lowest BCUT2D eigenvalue weighted by atomic mass is 10.1. The molecule has 31 heavy (non-hydrogen) atoms. The summed E-state index contributed by atoms with van der Waals surface area (Å²) in [5, 5.41) is 13.4. The largest absolute Gasteiger partial charge is 0.348 e. The zero-order valence-corrected chi connectivity index (χ0v) is 18.9. The molecule has 0 N–H and O–H groups in total. The second kappa shape index (κ2) is 8.94. The first-order valence-electron chi connectivity index (χ1n) is 9.75. The van der Waals surface area contributed by atoms with Crippen LogP contribution in [0.2, 0.25) is 5.02 Å². The number of hydrogen-bond donors (Lipinski definition) is 0. The molecule has 1 aromatic heterocycles. The van der Waals surface area contributed by atoms with E-state index < -0.39 is 25.7 Å². The van der Waals surface area contributed by atoms with Crippen LogP contribution in [0.5, 0.6) is 0 Å². The molecule has 0 unspecified atom stereocenters. The van der Waals surface area contributed by atoms with E-state index in [9.17, 15) is 18.5 Å². The van der Waals surface area contributed by atoms with E-state index in [0.717, 1.165) is 23.3 Å². The number of nitrogens with zero attached hydrogens (tertiary/aromatic N) is 3. The van der Waals surface area contributed by atoms with Gasteiger partial charge in [-0.25, -0.2) is 13.4 Å². The van der Waals surface area contributed by atoms with Gasteiger partial charge in [0.25, 0.3) is 5.69 Å². The molecule has 0 bridgehead atoms. The Kier molecular flexibility index (Phi) is 6.27. The number of hydrogen-bond acceptors (Lipinski definition) is 7. The quantitative estimate of drug-likeness (QED) is 0.376. The van der Waals surface area contributed by atoms with E-state index >= 15 is 0 Å². The van der Waals surface area contributed by atoms with Gasteiger partial charge in [-0.2, -0.15) is 0 Å². The highest BCUT2D eigenvalue weighted by Gasteiger charge is 2.33. The van der Waals surface area contributed by atoms with E-state index in [0.29, 0.717) is 25.9 Å². The van der Waals surface area contributed by atoms with Crippen LogP contribution in [0.3, 0.4) is 0 Å². The summed E-state index contributed by atoms with van der Waals surface area (Å²) < 4.78 is 26.1. The average molecular weight is 478 g/mol. The predicted molar refractivity (Wildman–Crippen MR) is 122 cm³/mol. The molecular weight excluding hydrogens is 458 g/mol. The van der Waals surface area contributed by atoms with Gasteiger partial charge in [-0.1, -0.05) is 41.9 Å². The number of nitro benzene ring substituents is 1. The monoisotopic (exact) mass is 477 g/mol. The van der Waals surface area contributed by atoms with Crippen LogP contribution in [0.1, 0.15) is 24.1 Å². The van der Waals surface area contributed by atoms with Crippen molar-refractivity contribution in [1.29, 1.82) is 0 Å². The van der Waals surface area contributed by atoms with Gasteiger partial charge in [0.1, 0.15) is 5.02 Å². The number of halogens is 1. The van der Waals surface area contributed by atoms with Gasteiger partial charge >= 0.3 is 0 Å². The number of sulfone groups is 1. The Hall–Kier alpha value is -2.49. The van der Waals surface area contributed by atoms with E-state index in [1.165, 1.54) is 17.7 Å². The Morgan fingerprint density at radius 1 is 1.16 bits per heavy atom. The molecule has 0 radical (unpaired) electrons. The van der Waals surface area contributed by atoms with Crippen molar-refractivity contribution in [2.45, 2.75) is 29.4 Å². The van der Waals surface area contributed by atoms with Crippen molar-refractivity contribution < 1.29 is 13.3 Å². The Morgan fingerprint density at radius 3 is 2.55 bits per heavy atom. The molecule has 162 valence electrons. The number of anilines is 1. The minimum atomic E-state index is -3.68. The molecule has 0 atom stereocenters. The summed E-state index contributed by atoms with van der Waals surface area (Å²) in [5.74, 6) is 0. The first-order valence-corrected chi connectivity index (χ1v) is 12.6. The molecule has 7 nitrogen and oxygen atoms in total. The maximum atomic E-state index is 13.0. The molecule has 2 heterocycles. The molecule has 4 rings (SSSR count). The third kappa shape index (κ3) is 4.73. The van der Waals surface area contributed by atoms with Gasteiger partial charge in [-0.3, -0.25) is 10.1 Å². The van der Waals surface area contributed by atoms with Crippen LogP contribution in [0.4, 0.5) is 10.8 Å². The summed E-state index contributed by atoms with van der Waals surface area (Å²) in [6.07, 6.45) is 1.64. The van der Waals surface area contributed by atoms with Crippen molar-refractivity contribution in [3.8, 4) is 0 Å². The van der Waals surface area contributed by atoms with E-state index in [1.807, 2.05) is 23.6 Å². The third-order valence-electron chi connectivity index (χ3n) is 5.36. The topological polar surface area (TPSA) is 93.4 Å². The van der Waals surface area contributed by atoms with Crippen LogP contribution in [0.25, 0.3) is 0 Å². The first kappa shape index (κ1) is 21.7. The van der Waals surface area contributed by atoms with E-state index in [1.54, 1.807) is 11.3 Å². The summed E-state index contributed by atoms with van der Waals surface area (Å²) in [4.78, 5) is 17.2. The molecule has 2 aromatic carbocycles. The number of nitro groups is 1. The first-order chi connectivity index (χ1) is 14.8. The van der Waals surface area contributed by atoms with Gasteiger partial charge in [0.15, 0.2) is 15.0 Å². The Morgan fingerprint density at radius 2 is 1.87 bits per heavy atom. The fourth-order valence-corrected chi connectivity index (χ4v) is 6.50. The zero-order valence-electron chi connectivity index (χ0n) is 16.5. The highest BCUT2D eigenvalue weighted by molar-refractivity contribution is 7.92. The van der Waals surface area contributed by atoms with Crippen molar-refractivity contribution in [3.05, 3.63) is 80.3 Å². The smallest absolute Gasteiger partial charge is 0.289 e. The standard InChI is InChI=1S/C21H20ClN3O4S2/c22-19-7-6-18(13-20(19)25(26)27)31(28,29)17-8-10-24(11-9-17)21-23-16(14-30-21)12-15-4-2-1-3-5-15/h1-7,13-14,17H,8-12H2. The normalized spacial score (nSPS) is 15.2. The van der Waals surface area contributed by atoms with Crippen molar-refractivity contribution in [2.24, 2.45) is 0 Å². The van der Waals surface area contributed by atoms with Crippen LogP contribution >= 0.6 is 22.9 Å². The molecule has 1 aliphatic rings. The van der Waals surface area contributed by atoms with Crippen LogP contribution in [-0.2, 0) is 16.3 Å². The van der Waals surface area contributed by atoms with Crippen molar-refractivity contribution in [3.63, 3.8) is 0 Å². The van der Waals surface area contributed by atoms with Crippen LogP contribution in [0, 0.1) is 10.1 Å². The molecule has 0 amide bonds. The van der Waals surface area contributed by atoms with Gasteiger partial charge in [0, 0.05) is 31.0 Å². The lowest BCUT2D eigenvalue weighted by Crippen LogP contribution is -2.39. The Balaban J connectivity index is 1.43. The van der Waals surface area contributed by atoms with Gasteiger partial charge < -0.3 is 4.90 Å². The Labute approximate surface area is 189 Å². The highest BCUT2D eigenvalue weighted by Crippen LogP contribution is 2.32. The van der Waals surface area contributed by atoms with Crippen molar-refractivity contribution in [2.75, 3.05) is 18.0 Å². The number of benzene rings is 2. The number of rotatable bonds is 6. The van der Waals surface area contributed by atoms with E-state index in [2.05, 4.69) is 17.0 Å². The molecule has 1 fully saturated rings. The molecule has 0 aliphatic carbocycles. The van der Waals surface area contributed by atoms with Gasteiger partial charge in [-0.15, -0.1) is 11.3 Å². The van der Waals surface area contributed by atoms with Gasteiger partial charge in [-0.05, 0) is 30.5 Å². The molecule has 0 spiro atoms. The molecule has 0 saturated carbocycles. The Bertz CT molecular complexity index is 1190. The summed E-state index contributed by atoms with van der Waals surface area (Å²) in [6.45, 7) is 1.13. The van der Waals surface area contributed by atoms with Gasteiger partial charge in [0.2, 0.25) is 0 Å². The summed E-state index contributed by atoms with van der Waals surface area (Å²) >= 11 is 7.38. The summed E-state index contributed by atoms with van der Waals surface area (Å²) in [7, 11) is -3.68. The summed E-state index contributed by atoms with van der Waals surface area (Å²) in [5.41, 5.74) is 1.80. The molecule has 1 saturated heterocycles. The minimum absolute atomic E-state index is 0.0542. The molecule has 3 aromatic rings. The van der Waals surface area contributed by atoms with Crippen LogP contribution < -0.4 is 4.90 Å². The van der Waals surface area contributed by atoms with Crippen LogP contribution in [0.15, 0.2) is 58.8 Å². The highest BCUT2D eigenvalue weighted by atomic mass is 35.5. The lowest BCUT2D eigenvalue weighted by molar-refractivity contribution is -0.384. The van der Waals surface area contributed by atoms with E-state index in [-0.39, 0.29) is 9.92 Å². The molecule has 10 heteroatoms. The molecular formula is C21H20ClN3O4S2. The van der Waals surface area contributed by atoms with Gasteiger partial charge in [0.05, 0.1) is 20.8 Å². The fourth-order valence-electron chi connectivity index (χ4n) is 3.69. The fraction of sp³-hybridized carbons (Fsp3) is 0.286. The number of piperidine rings is 1. The zero-order chi connectivity index (χ0) is 22.0. The summed E-state index contributed by atoms with van der Waals surface area (Å²) in [6, 6.07) is 13.8. The van der Waals surface area contributed by atoms with Crippen molar-refractivity contribution in [1.82, 2.24) is 4.98 Å². The predicted octanol–water partition coefficient (Wildman–Crippen LogP) is 4.74. The second-order valence-corrected chi connectivity index (χ2v) is 10.9. The maximum absolute atomic E-state index is 13.0. The average Bonchev–Trinajstić information content (AvgIpc) is 3.23. The minimum Gasteiger partial charge on any atom is -0.348 e.